The molecule has 0 bridgehead atoms. The molecule has 0 saturated heterocycles. The monoisotopic (exact) mass is 224 g/mol. The van der Waals surface area contributed by atoms with E-state index in [1.54, 1.807) is 7.11 Å². The highest BCUT2D eigenvalue weighted by Crippen LogP contribution is 2.15. The number of aromatic nitrogens is 1. The van der Waals surface area contributed by atoms with Crippen molar-refractivity contribution in [1.29, 1.82) is 0 Å². The van der Waals surface area contributed by atoms with Crippen LogP contribution in [0.3, 0.4) is 0 Å². The van der Waals surface area contributed by atoms with Crippen molar-refractivity contribution in [2.75, 3.05) is 20.3 Å². The molecule has 0 saturated carbocycles. The second kappa shape index (κ2) is 6.71. The number of rotatable bonds is 7. The first-order valence-corrected chi connectivity index (χ1v) is 6.05. The van der Waals surface area contributed by atoms with E-state index >= 15 is 0 Å². The molecule has 92 valence electrons. The molecule has 0 spiro atoms. The van der Waals surface area contributed by atoms with Crippen molar-refractivity contribution in [2.24, 2.45) is 0 Å². The summed E-state index contributed by atoms with van der Waals surface area (Å²) in [5.41, 5.74) is 1.35. The second-order valence-corrected chi connectivity index (χ2v) is 4.51. The highest BCUT2D eigenvalue weighted by molar-refractivity contribution is 5.15. The Hall–Kier alpha value is -0.800. The van der Waals surface area contributed by atoms with E-state index in [1.807, 2.05) is 0 Å². The summed E-state index contributed by atoms with van der Waals surface area (Å²) in [6.45, 7) is 8.42. The summed E-state index contributed by atoms with van der Waals surface area (Å²) in [6, 6.07) is 3.14. The van der Waals surface area contributed by atoms with Gasteiger partial charge < -0.3 is 14.6 Å². The average molecular weight is 224 g/mol. The van der Waals surface area contributed by atoms with Gasteiger partial charge in [0, 0.05) is 38.2 Å². The first-order chi connectivity index (χ1) is 7.65. The maximum Gasteiger partial charge on any atom is 0.0474 e. The summed E-state index contributed by atoms with van der Waals surface area (Å²) < 4.78 is 7.26. The number of hydrogen-bond donors (Lipinski definition) is 1. The number of nitrogens with one attached hydrogen (secondary N) is 1. The minimum Gasteiger partial charge on any atom is -0.385 e. The molecule has 1 rings (SSSR count). The molecule has 0 aliphatic carbocycles. The lowest BCUT2D eigenvalue weighted by Crippen LogP contribution is -2.20. The zero-order valence-electron chi connectivity index (χ0n) is 10.9. The van der Waals surface area contributed by atoms with E-state index in [4.69, 9.17) is 4.74 Å². The SMILES string of the molecule is COCCCN[C@H](C)c1ccn(C(C)C)c1. The molecule has 3 heteroatoms. The molecule has 0 unspecified atom stereocenters. The molecule has 0 radical (unpaired) electrons. The Morgan fingerprint density at radius 1 is 1.38 bits per heavy atom. The van der Waals surface area contributed by atoms with Crippen molar-refractivity contribution in [3.05, 3.63) is 24.0 Å². The van der Waals surface area contributed by atoms with Crippen LogP contribution in [-0.4, -0.2) is 24.8 Å². The van der Waals surface area contributed by atoms with Crippen LogP contribution >= 0.6 is 0 Å². The summed E-state index contributed by atoms with van der Waals surface area (Å²) in [5, 5.41) is 3.49. The van der Waals surface area contributed by atoms with Crippen molar-refractivity contribution in [3.63, 3.8) is 0 Å². The largest absolute Gasteiger partial charge is 0.385 e. The van der Waals surface area contributed by atoms with Gasteiger partial charge in [0.1, 0.15) is 0 Å². The number of ether oxygens (including phenoxy) is 1. The number of methoxy groups -OCH3 is 1. The van der Waals surface area contributed by atoms with Crippen LogP contribution in [0.1, 0.15) is 44.8 Å². The molecule has 3 nitrogen and oxygen atoms in total. The molecule has 0 aromatic carbocycles. The van der Waals surface area contributed by atoms with Gasteiger partial charge in [0.2, 0.25) is 0 Å². The van der Waals surface area contributed by atoms with Gasteiger partial charge in [0.15, 0.2) is 0 Å². The van der Waals surface area contributed by atoms with E-state index in [9.17, 15) is 0 Å². The molecule has 0 fully saturated rings. The molecule has 1 N–H and O–H groups in total. The van der Waals surface area contributed by atoms with Crippen molar-refractivity contribution in [3.8, 4) is 0 Å². The van der Waals surface area contributed by atoms with Crippen LogP contribution in [0.5, 0.6) is 0 Å². The van der Waals surface area contributed by atoms with Gasteiger partial charge >= 0.3 is 0 Å². The van der Waals surface area contributed by atoms with Crippen LogP contribution in [0.15, 0.2) is 18.5 Å². The first-order valence-electron chi connectivity index (χ1n) is 6.05. The van der Waals surface area contributed by atoms with Crippen LogP contribution in [0.4, 0.5) is 0 Å². The molecule has 1 aromatic rings. The van der Waals surface area contributed by atoms with Gasteiger partial charge in [-0.05, 0) is 45.4 Å². The molecule has 1 atom stereocenters. The quantitative estimate of drug-likeness (QED) is 0.721. The molecule has 1 aromatic heterocycles. The smallest absolute Gasteiger partial charge is 0.0474 e. The Morgan fingerprint density at radius 3 is 2.69 bits per heavy atom. The van der Waals surface area contributed by atoms with E-state index in [2.05, 4.69) is 49.1 Å². The van der Waals surface area contributed by atoms with Crippen molar-refractivity contribution >= 4 is 0 Å². The zero-order chi connectivity index (χ0) is 12.0. The maximum atomic E-state index is 5.02. The molecular formula is C13H24N2O. The minimum atomic E-state index is 0.414. The predicted octanol–water partition coefficient (Wildman–Crippen LogP) is 2.76. The van der Waals surface area contributed by atoms with E-state index in [1.165, 1.54) is 5.56 Å². The van der Waals surface area contributed by atoms with Gasteiger partial charge in [-0.25, -0.2) is 0 Å². The molecule has 0 aliphatic rings. The summed E-state index contributed by atoms with van der Waals surface area (Å²) >= 11 is 0. The van der Waals surface area contributed by atoms with E-state index < -0.39 is 0 Å². The van der Waals surface area contributed by atoms with Crippen LogP contribution in [0.25, 0.3) is 0 Å². The Balaban J connectivity index is 2.37. The lowest BCUT2D eigenvalue weighted by molar-refractivity contribution is 0.193. The van der Waals surface area contributed by atoms with E-state index in [-0.39, 0.29) is 0 Å². The lowest BCUT2D eigenvalue weighted by Gasteiger charge is -2.12. The zero-order valence-corrected chi connectivity index (χ0v) is 10.9. The fourth-order valence-corrected chi connectivity index (χ4v) is 1.66. The normalized spacial score (nSPS) is 13.3. The first kappa shape index (κ1) is 13.3. The van der Waals surface area contributed by atoms with Crippen LogP contribution < -0.4 is 5.32 Å². The van der Waals surface area contributed by atoms with Crippen LogP contribution in [0.2, 0.25) is 0 Å². The van der Waals surface area contributed by atoms with Crippen LogP contribution in [-0.2, 0) is 4.74 Å². The third-order valence-electron chi connectivity index (χ3n) is 2.81. The fraction of sp³-hybridized carbons (Fsp3) is 0.692. The molecule has 16 heavy (non-hydrogen) atoms. The summed E-state index contributed by atoms with van der Waals surface area (Å²) in [6.07, 6.45) is 5.43. The Morgan fingerprint density at radius 2 is 2.12 bits per heavy atom. The van der Waals surface area contributed by atoms with Gasteiger partial charge in [-0.1, -0.05) is 0 Å². The number of nitrogens with zero attached hydrogens (tertiary/aromatic N) is 1. The predicted molar refractivity (Wildman–Crippen MR) is 67.7 cm³/mol. The highest BCUT2D eigenvalue weighted by Gasteiger charge is 2.06. The minimum absolute atomic E-state index is 0.414. The van der Waals surface area contributed by atoms with Gasteiger partial charge in [-0.2, -0.15) is 0 Å². The van der Waals surface area contributed by atoms with Crippen molar-refractivity contribution in [2.45, 2.75) is 39.3 Å². The lowest BCUT2D eigenvalue weighted by atomic mass is 10.2. The van der Waals surface area contributed by atoms with Gasteiger partial charge in [0.05, 0.1) is 0 Å². The third-order valence-corrected chi connectivity index (χ3v) is 2.81. The molecular weight excluding hydrogens is 200 g/mol. The summed E-state index contributed by atoms with van der Waals surface area (Å²) in [7, 11) is 1.74. The molecule has 1 heterocycles. The average Bonchev–Trinajstić information content (AvgIpc) is 2.73. The van der Waals surface area contributed by atoms with Crippen LogP contribution in [0, 0.1) is 0 Å². The Kier molecular flexibility index (Phi) is 5.56. The standard InChI is InChI=1S/C13H24N2O/c1-11(2)15-8-6-13(10-15)12(3)14-7-5-9-16-4/h6,8,10-12,14H,5,7,9H2,1-4H3/t12-/m1/s1. The topological polar surface area (TPSA) is 26.2 Å². The number of hydrogen-bond acceptors (Lipinski definition) is 2. The highest BCUT2D eigenvalue weighted by atomic mass is 16.5. The van der Waals surface area contributed by atoms with Gasteiger partial charge in [0.25, 0.3) is 0 Å². The Bertz CT molecular complexity index is 294. The summed E-state index contributed by atoms with van der Waals surface area (Å²) in [5.74, 6) is 0. The van der Waals surface area contributed by atoms with E-state index in [0.29, 0.717) is 12.1 Å². The molecule has 0 aliphatic heterocycles. The van der Waals surface area contributed by atoms with Gasteiger partial charge in [-0.15, -0.1) is 0 Å². The Labute approximate surface area is 98.8 Å². The maximum absolute atomic E-state index is 5.02. The molecule has 0 amide bonds. The third kappa shape index (κ3) is 3.99. The van der Waals surface area contributed by atoms with Gasteiger partial charge in [-0.3, -0.25) is 0 Å². The van der Waals surface area contributed by atoms with Crippen molar-refractivity contribution in [1.82, 2.24) is 9.88 Å². The summed E-state index contributed by atoms with van der Waals surface area (Å²) in [4.78, 5) is 0. The fourth-order valence-electron chi connectivity index (χ4n) is 1.66. The van der Waals surface area contributed by atoms with E-state index in [0.717, 1.165) is 19.6 Å². The van der Waals surface area contributed by atoms with Crippen molar-refractivity contribution < 1.29 is 4.74 Å². The second-order valence-electron chi connectivity index (χ2n) is 4.51.